The molecule has 29 heavy (non-hydrogen) atoms. The third-order valence-electron chi connectivity index (χ3n) is 3.75. The summed E-state index contributed by atoms with van der Waals surface area (Å²) in [7, 11) is 0. The largest absolute Gasteiger partial charge is 0.416 e. The Balaban J connectivity index is 1.97. The first-order chi connectivity index (χ1) is 13.7. The monoisotopic (exact) mass is 448 g/mol. The SMILES string of the molecule is O=C(Nc1nc(COCl)c(-c2cccc(C(F)(F)F)c2)s1)c1c(F)cccc1F. The fraction of sp³-hybridized carbons (Fsp3) is 0.111. The van der Waals surface area contributed by atoms with Gasteiger partial charge in [-0.3, -0.25) is 14.4 Å². The quantitative estimate of drug-likeness (QED) is 0.485. The number of carbonyl (C=O) groups excluding carboxylic acids is 1. The number of halogens is 6. The maximum Gasteiger partial charge on any atom is 0.416 e. The van der Waals surface area contributed by atoms with Crippen molar-refractivity contribution in [2.45, 2.75) is 12.8 Å². The van der Waals surface area contributed by atoms with Crippen LogP contribution in [0.5, 0.6) is 0 Å². The molecule has 3 aromatic rings. The van der Waals surface area contributed by atoms with Crippen LogP contribution in [0.15, 0.2) is 42.5 Å². The van der Waals surface area contributed by atoms with Gasteiger partial charge in [-0.15, -0.1) is 0 Å². The van der Waals surface area contributed by atoms with E-state index < -0.39 is 34.8 Å². The number of anilines is 1. The molecule has 0 fully saturated rings. The molecule has 1 heterocycles. The highest BCUT2D eigenvalue weighted by Crippen LogP contribution is 2.37. The van der Waals surface area contributed by atoms with Crippen LogP contribution in [0.2, 0.25) is 0 Å². The van der Waals surface area contributed by atoms with E-state index >= 15 is 0 Å². The van der Waals surface area contributed by atoms with Crippen LogP contribution < -0.4 is 5.32 Å². The summed E-state index contributed by atoms with van der Waals surface area (Å²) in [5.74, 6) is -3.23. The molecular weight excluding hydrogens is 439 g/mol. The Kier molecular flexibility index (Phi) is 6.15. The minimum Gasteiger partial charge on any atom is -0.298 e. The normalized spacial score (nSPS) is 11.5. The first-order valence-electron chi connectivity index (χ1n) is 7.87. The van der Waals surface area contributed by atoms with Crippen molar-refractivity contribution in [1.82, 2.24) is 4.98 Å². The number of carbonyl (C=O) groups is 1. The summed E-state index contributed by atoms with van der Waals surface area (Å²) in [5, 5.41) is 2.15. The second-order valence-electron chi connectivity index (χ2n) is 5.68. The molecule has 0 bridgehead atoms. The Morgan fingerprint density at radius 2 is 1.79 bits per heavy atom. The number of aromatic nitrogens is 1. The molecule has 0 aliphatic carbocycles. The molecule has 0 spiro atoms. The number of alkyl halides is 3. The molecule has 152 valence electrons. The highest BCUT2D eigenvalue weighted by Gasteiger charge is 2.31. The number of rotatable bonds is 5. The number of nitrogens with zero attached hydrogens (tertiary/aromatic N) is 1. The molecule has 2 aromatic carbocycles. The summed E-state index contributed by atoms with van der Waals surface area (Å²) in [5.41, 5.74) is -1.37. The van der Waals surface area contributed by atoms with Crippen LogP contribution in [0.4, 0.5) is 27.1 Å². The topological polar surface area (TPSA) is 51.2 Å². The smallest absolute Gasteiger partial charge is 0.298 e. The molecule has 0 unspecified atom stereocenters. The average molecular weight is 449 g/mol. The molecule has 0 atom stereocenters. The molecule has 0 radical (unpaired) electrons. The van der Waals surface area contributed by atoms with Crippen LogP contribution >= 0.6 is 23.2 Å². The van der Waals surface area contributed by atoms with Crippen molar-refractivity contribution in [2.24, 2.45) is 0 Å². The molecule has 11 heteroatoms. The van der Waals surface area contributed by atoms with Gasteiger partial charge in [-0.25, -0.2) is 13.8 Å². The lowest BCUT2D eigenvalue weighted by Crippen LogP contribution is -2.15. The maximum atomic E-state index is 13.8. The Bertz CT molecular complexity index is 1030. The molecule has 1 aromatic heterocycles. The summed E-state index contributed by atoms with van der Waals surface area (Å²) in [4.78, 5) is 16.5. The molecule has 3 rings (SSSR count). The Hall–Kier alpha value is -2.56. The summed E-state index contributed by atoms with van der Waals surface area (Å²) in [6.45, 7) is -0.270. The summed E-state index contributed by atoms with van der Waals surface area (Å²) in [6.07, 6.45) is -4.55. The van der Waals surface area contributed by atoms with Crippen LogP contribution in [0.1, 0.15) is 21.6 Å². The van der Waals surface area contributed by atoms with Crippen molar-refractivity contribution < 1.29 is 31.0 Å². The average Bonchev–Trinajstić information content (AvgIpc) is 3.03. The van der Waals surface area contributed by atoms with Crippen LogP contribution in [-0.4, -0.2) is 10.9 Å². The maximum absolute atomic E-state index is 13.8. The lowest BCUT2D eigenvalue weighted by molar-refractivity contribution is -0.137. The fourth-order valence-electron chi connectivity index (χ4n) is 2.49. The van der Waals surface area contributed by atoms with Crippen LogP contribution in [0.25, 0.3) is 10.4 Å². The van der Waals surface area contributed by atoms with Gasteiger partial charge in [0.25, 0.3) is 5.91 Å². The molecule has 1 N–H and O–H groups in total. The van der Waals surface area contributed by atoms with Gasteiger partial charge in [0.05, 0.1) is 28.0 Å². The molecule has 1 amide bonds. The van der Waals surface area contributed by atoms with Crippen LogP contribution in [0.3, 0.4) is 0 Å². The van der Waals surface area contributed by atoms with E-state index in [0.717, 1.165) is 41.7 Å². The van der Waals surface area contributed by atoms with E-state index in [4.69, 9.17) is 11.9 Å². The number of hydrogen-bond donors (Lipinski definition) is 1. The van der Waals surface area contributed by atoms with E-state index in [1.165, 1.54) is 12.1 Å². The number of amides is 1. The predicted octanol–water partition coefficient (Wildman–Crippen LogP) is 6.03. The van der Waals surface area contributed by atoms with E-state index in [1.54, 1.807) is 0 Å². The van der Waals surface area contributed by atoms with Crippen molar-refractivity contribution in [1.29, 1.82) is 0 Å². The molecular formula is C18H10ClF5N2O2S. The predicted molar refractivity (Wildman–Crippen MR) is 97.5 cm³/mol. The highest BCUT2D eigenvalue weighted by atomic mass is 35.5. The van der Waals surface area contributed by atoms with E-state index in [9.17, 15) is 26.7 Å². The van der Waals surface area contributed by atoms with E-state index in [0.29, 0.717) is 0 Å². The minimum atomic E-state index is -4.55. The first kappa shape index (κ1) is 21.2. The van der Waals surface area contributed by atoms with Gasteiger partial charge in [0.15, 0.2) is 5.13 Å². The van der Waals surface area contributed by atoms with Gasteiger partial charge < -0.3 is 0 Å². The highest BCUT2D eigenvalue weighted by molar-refractivity contribution is 7.19. The molecule has 0 saturated carbocycles. The van der Waals surface area contributed by atoms with Crippen LogP contribution in [-0.2, 0) is 17.1 Å². The van der Waals surface area contributed by atoms with Gasteiger partial charge in [-0.1, -0.05) is 29.5 Å². The molecule has 0 saturated heterocycles. The fourth-order valence-corrected chi connectivity index (χ4v) is 3.55. The van der Waals surface area contributed by atoms with Crippen molar-refractivity contribution in [3.8, 4) is 10.4 Å². The third kappa shape index (κ3) is 4.72. The number of benzene rings is 2. The standard InChI is InChI=1S/C18H10ClF5N2O2S/c19-28-8-13-15(9-3-1-4-10(7-9)18(22,23)24)29-17(25-13)26-16(27)14-11(20)5-2-6-12(14)21/h1-7H,8H2,(H,25,26,27). The lowest BCUT2D eigenvalue weighted by atomic mass is 10.1. The van der Waals surface area contributed by atoms with E-state index in [1.807, 2.05) is 0 Å². The number of thiazole rings is 1. The first-order valence-corrected chi connectivity index (χ1v) is 8.99. The van der Waals surface area contributed by atoms with Gasteiger partial charge in [0.1, 0.15) is 23.8 Å². The molecule has 0 aliphatic rings. The second-order valence-corrected chi connectivity index (χ2v) is 6.89. The third-order valence-corrected chi connectivity index (χ3v) is 4.92. The minimum absolute atomic E-state index is 0.0891. The van der Waals surface area contributed by atoms with Crippen molar-refractivity contribution in [2.75, 3.05) is 5.32 Å². The second kappa shape index (κ2) is 8.44. The van der Waals surface area contributed by atoms with Crippen LogP contribution in [0, 0.1) is 11.6 Å². The number of nitrogens with one attached hydrogen (secondary N) is 1. The van der Waals surface area contributed by atoms with Gasteiger partial charge in [-0.2, -0.15) is 13.2 Å². The Morgan fingerprint density at radius 3 is 2.41 bits per heavy atom. The molecule has 4 nitrogen and oxygen atoms in total. The van der Waals surface area contributed by atoms with E-state index in [2.05, 4.69) is 14.6 Å². The molecule has 0 aliphatic heterocycles. The lowest BCUT2D eigenvalue weighted by Gasteiger charge is -2.08. The zero-order chi connectivity index (χ0) is 21.2. The Morgan fingerprint density at radius 1 is 1.14 bits per heavy atom. The van der Waals surface area contributed by atoms with Gasteiger partial charge >= 0.3 is 6.18 Å². The number of hydrogen-bond acceptors (Lipinski definition) is 4. The van der Waals surface area contributed by atoms with Gasteiger partial charge in [-0.05, 0) is 29.8 Å². The van der Waals surface area contributed by atoms with Gasteiger partial charge in [0.2, 0.25) is 0 Å². The van der Waals surface area contributed by atoms with Crippen molar-refractivity contribution in [3.63, 3.8) is 0 Å². The van der Waals surface area contributed by atoms with E-state index in [-0.39, 0.29) is 27.9 Å². The summed E-state index contributed by atoms with van der Waals surface area (Å²) < 4.78 is 71.0. The zero-order valence-electron chi connectivity index (χ0n) is 14.2. The van der Waals surface area contributed by atoms with Crippen molar-refractivity contribution in [3.05, 3.63) is 70.9 Å². The summed E-state index contributed by atoms with van der Waals surface area (Å²) in [6, 6.07) is 7.39. The zero-order valence-corrected chi connectivity index (χ0v) is 15.8. The summed E-state index contributed by atoms with van der Waals surface area (Å²) >= 11 is 6.06. The van der Waals surface area contributed by atoms with Gasteiger partial charge in [0, 0.05) is 0 Å². The Labute approximate surface area is 170 Å². The van der Waals surface area contributed by atoms with Crippen molar-refractivity contribution >= 4 is 34.2 Å².